The number of alkyl carbamates (subject to hydrolysis) is 1. The number of halogens is 1. The van der Waals surface area contributed by atoms with Crippen LogP contribution in [0.3, 0.4) is 0 Å². The first-order valence-electron chi connectivity index (χ1n) is 14.7. The van der Waals surface area contributed by atoms with Gasteiger partial charge in [0, 0.05) is 19.5 Å². The third-order valence-corrected chi connectivity index (χ3v) is 10.9. The molecule has 3 saturated heterocycles. The molecule has 0 radical (unpaired) electrons. The predicted molar refractivity (Wildman–Crippen MR) is 159 cm³/mol. The van der Waals surface area contributed by atoms with Crippen molar-refractivity contribution in [3.05, 3.63) is 59.4 Å². The smallest absolute Gasteiger partial charge is 0.407 e. The van der Waals surface area contributed by atoms with Gasteiger partial charge in [0.15, 0.2) is 12.4 Å². The number of amides is 1. The van der Waals surface area contributed by atoms with E-state index in [0.717, 1.165) is 4.70 Å². The maximum atomic E-state index is 13.9. The molecule has 5 unspecified atom stereocenters. The number of aromatic nitrogens is 1. The fourth-order valence-electron chi connectivity index (χ4n) is 5.81. The predicted octanol–water partition coefficient (Wildman–Crippen LogP) is 3.45. The monoisotopic (exact) mass is 649 g/mol. The van der Waals surface area contributed by atoms with Crippen LogP contribution in [0.15, 0.2) is 52.9 Å². The Labute approximate surface area is 259 Å². The summed E-state index contributed by atoms with van der Waals surface area (Å²) in [4.78, 5) is 17.6. The molecule has 7 atom stereocenters. The number of benzene rings is 2. The van der Waals surface area contributed by atoms with Crippen LogP contribution in [0.5, 0.6) is 0 Å². The number of hydrogen-bond donors (Lipinski definition) is 2. The van der Waals surface area contributed by atoms with E-state index in [-0.39, 0.29) is 49.1 Å². The van der Waals surface area contributed by atoms with Gasteiger partial charge in [0.25, 0.3) is 0 Å². The normalized spacial score (nSPS) is 25.9. The zero-order chi connectivity index (χ0) is 31.0. The Balaban J connectivity index is 1.22. The molecule has 3 aromatic rings. The molecular weight excluding hydrogens is 613 g/mol. The van der Waals surface area contributed by atoms with E-state index in [1.807, 2.05) is 13.8 Å². The summed E-state index contributed by atoms with van der Waals surface area (Å²) in [6, 6.07) is 9.47. The summed E-state index contributed by atoms with van der Waals surface area (Å²) in [5.41, 5.74) is 2.99. The number of aliphatic hydroxyl groups excluding tert-OH is 1. The summed E-state index contributed by atoms with van der Waals surface area (Å²) >= 11 is 1.34. The highest BCUT2D eigenvalue weighted by Crippen LogP contribution is 2.39. The molecule has 6 rings (SSSR count). The van der Waals surface area contributed by atoms with Crippen molar-refractivity contribution in [3.63, 3.8) is 0 Å². The van der Waals surface area contributed by atoms with Gasteiger partial charge in [-0.25, -0.2) is 22.6 Å². The fourth-order valence-corrected chi connectivity index (χ4v) is 8.10. The number of fused-ring (bicyclic) bond motifs is 3. The highest BCUT2D eigenvalue weighted by atomic mass is 32.2. The summed E-state index contributed by atoms with van der Waals surface area (Å²) in [7, 11) is -4.02. The highest BCUT2D eigenvalue weighted by Gasteiger charge is 2.55. The third kappa shape index (κ3) is 6.76. The van der Waals surface area contributed by atoms with Crippen molar-refractivity contribution in [1.29, 1.82) is 0 Å². The van der Waals surface area contributed by atoms with Gasteiger partial charge >= 0.3 is 6.09 Å². The lowest BCUT2D eigenvalue weighted by Crippen LogP contribution is -2.55. The Kier molecular flexibility index (Phi) is 9.20. The second-order valence-corrected chi connectivity index (χ2v) is 14.7. The van der Waals surface area contributed by atoms with Crippen molar-refractivity contribution in [3.8, 4) is 0 Å². The van der Waals surface area contributed by atoms with E-state index in [1.165, 1.54) is 33.8 Å². The van der Waals surface area contributed by atoms with E-state index < -0.39 is 52.6 Å². The lowest BCUT2D eigenvalue weighted by atomic mass is 9.99. The average Bonchev–Trinajstić information content (AvgIpc) is 3.58. The standard InChI is InChI=1S/C30H36FN3O8S2/c1-17(2)9-10-34(44(37,38)20-7-8-21-27(12-20)43-16-32-21)14-23(35)22(11-18-3-5-19(31)6-4-18)33-30(36)42-28-24-13-25-29(41-24)39-15-26(28)40-25/h3-8,12,16-17,22-26,28-29,35H,9-11,13-15H2,1-2H3,(H,33,36)/t22-,23+,24?,25?,26?,28?,29?/m0/s1. The SMILES string of the molecule is CC(C)CCN(C[C@@H](O)[C@H](Cc1ccc(F)cc1)NC(=O)OC1C2COC3OC1CC3O2)S(=O)(=O)c1ccc2ncsc2c1. The summed E-state index contributed by atoms with van der Waals surface area (Å²) in [5.74, 6) is -0.224. The van der Waals surface area contributed by atoms with Crippen LogP contribution in [0.1, 0.15) is 32.3 Å². The van der Waals surface area contributed by atoms with Crippen LogP contribution in [0.2, 0.25) is 0 Å². The molecule has 0 saturated carbocycles. The van der Waals surface area contributed by atoms with Gasteiger partial charge in [0.1, 0.15) is 24.1 Å². The number of ether oxygens (including phenoxy) is 4. The first kappa shape index (κ1) is 31.3. The Morgan fingerprint density at radius 3 is 2.75 bits per heavy atom. The largest absolute Gasteiger partial charge is 0.441 e. The minimum absolute atomic E-state index is 0.0944. The van der Waals surface area contributed by atoms with E-state index in [1.54, 1.807) is 29.8 Å². The van der Waals surface area contributed by atoms with Crippen molar-refractivity contribution in [2.24, 2.45) is 5.92 Å². The summed E-state index contributed by atoms with van der Waals surface area (Å²) < 4.78 is 66.6. The van der Waals surface area contributed by atoms with Crippen LogP contribution in [0.4, 0.5) is 9.18 Å². The van der Waals surface area contributed by atoms with Gasteiger partial charge in [-0.1, -0.05) is 26.0 Å². The van der Waals surface area contributed by atoms with Gasteiger partial charge in [-0.2, -0.15) is 4.31 Å². The van der Waals surface area contributed by atoms with Crippen LogP contribution in [-0.4, -0.2) is 91.5 Å². The van der Waals surface area contributed by atoms with Crippen molar-refractivity contribution < 1.29 is 41.7 Å². The van der Waals surface area contributed by atoms with Crippen molar-refractivity contribution in [2.75, 3.05) is 19.7 Å². The highest BCUT2D eigenvalue weighted by molar-refractivity contribution is 7.89. The molecule has 3 aliphatic rings. The molecule has 1 amide bonds. The summed E-state index contributed by atoms with van der Waals surface area (Å²) in [6.07, 6.45) is -3.17. The topological polar surface area (TPSA) is 137 Å². The molecule has 238 valence electrons. The van der Waals surface area contributed by atoms with Crippen LogP contribution in [0, 0.1) is 11.7 Å². The minimum Gasteiger partial charge on any atom is -0.441 e. The molecular formula is C30H36FN3O8S2. The molecule has 2 aromatic carbocycles. The zero-order valence-corrected chi connectivity index (χ0v) is 26.0. The van der Waals surface area contributed by atoms with Gasteiger partial charge in [-0.05, 0) is 54.7 Å². The lowest BCUT2D eigenvalue weighted by molar-refractivity contribution is -0.226. The van der Waals surface area contributed by atoms with Gasteiger partial charge in [0.05, 0.1) is 39.4 Å². The second-order valence-electron chi connectivity index (χ2n) is 11.9. The Bertz CT molecular complexity index is 1560. The number of nitrogens with zero attached hydrogens (tertiary/aromatic N) is 2. The Morgan fingerprint density at radius 2 is 1.98 bits per heavy atom. The van der Waals surface area contributed by atoms with Gasteiger partial charge in [-0.15, -0.1) is 11.3 Å². The number of thiazole rings is 1. The number of aliphatic hydroxyl groups is 1. The van der Waals surface area contributed by atoms with Crippen LogP contribution >= 0.6 is 11.3 Å². The average molecular weight is 650 g/mol. The van der Waals surface area contributed by atoms with E-state index in [9.17, 15) is 22.7 Å². The number of hydrogen-bond acceptors (Lipinski definition) is 10. The third-order valence-electron chi connectivity index (χ3n) is 8.25. The van der Waals surface area contributed by atoms with Gasteiger partial charge in [0.2, 0.25) is 10.0 Å². The van der Waals surface area contributed by atoms with Crippen molar-refractivity contribution in [1.82, 2.24) is 14.6 Å². The summed E-state index contributed by atoms with van der Waals surface area (Å²) in [5, 5.41) is 14.3. The van der Waals surface area contributed by atoms with E-state index in [2.05, 4.69) is 10.3 Å². The molecule has 11 nitrogen and oxygen atoms in total. The van der Waals surface area contributed by atoms with Gasteiger partial charge < -0.3 is 29.4 Å². The molecule has 4 heterocycles. The molecule has 0 aliphatic carbocycles. The first-order chi connectivity index (χ1) is 21.1. The molecule has 3 fully saturated rings. The van der Waals surface area contributed by atoms with Crippen LogP contribution in [0.25, 0.3) is 10.2 Å². The van der Waals surface area contributed by atoms with E-state index in [0.29, 0.717) is 23.9 Å². The number of nitrogens with one attached hydrogen (secondary N) is 1. The second kappa shape index (κ2) is 12.9. The molecule has 2 N–H and O–H groups in total. The van der Waals surface area contributed by atoms with Crippen molar-refractivity contribution >= 4 is 37.7 Å². The molecule has 1 aromatic heterocycles. The molecule has 44 heavy (non-hydrogen) atoms. The zero-order valence-electron chi connectivity index (χ0n) is 24.4. The maximum absolute atomic E-state index is 13.9. The van der Waals surface area contributed by atoms with Crippen LogP contribution in [-0.2, 0) is 35.4 Å². The Hall–Kier alpha value is -2.72. The van der Waals surface area contributed by atoms with Crippen LogP contribution < -0.4 is 5.32 Å². The molecule has 14 heteroatoms. The van der Waals surface area contributed by atoms with E-state index >= 15 is 0 Å². The number of carbonyl (C=O) groups excluding carboxylic acids is 1. The molecule has 3 aliphatic heterocycles. The number of carbonyl (C=O) groups is 1. The Morgan fingerprint density at radius 1 is 1.18 bits per heavy atom. The van der Waals surface area contributed by atoms with E-state index in [4.69, 9.17) is 18.9 Å². The number of sulfonamides is 1. The minimum atomic E-state index is -4.02. The number of rotatable bonds is 12. The summed E-state index contributed by atoms with van der Waals surface area (Å²) in [6.45, 7) is 4.08. The maximum Gasteiger partial charge on any atom is 0.407 e. The molecule has 3 bridgehead atoms. The van der Waals surface area contributed by atoms with Gasteiger partial charge in [-0.3, -0.25) is 0 Å². The quantitative estimate of drug-likeness (QED) is 0.302. The lowest BCUT2D eigenvalue weighted by Gasteiger charge is -2.37. The molecule has 0 spiro atoms. The fraction of sp³-hybridized carbons (Fsp3) is 0.533. The first-order valence-corrected chi connectivity index (χ1v) is 17.0. The van der Waals surface area contributed by atoms with Crippen molar-refractivity contribution in [2.45, 2.75) is 80.9 Å².